The van der Waals surface area contributed by atoms with Gasteiger partial charge in [0.2, 0.25) is 5.95 Å². The zero-order valence-corrected chi connectivity index (χ0v) is 11.9. The predicted octanol–water partition coefficient (Wildman–Crippen LogP) is 1.48. The van der Waals surface area contributed by atoms with E-state index in [1.165, 1.54) is 6.26 Å². The highest BCUT2D eigenvalue weighted by Crippen LogP contribution is 2.46. The molecule has 17 heavy (non-hydrogen) atoms. The summed E-state index contributed by atoms with van der Waals surface area (Å²) in [6.45, 7) is 0.613. The van der Waals surface area contributed by atoms with Crippen LogP contribution >= 0.6 is 15.9 Å². The number of nitrogens with one attached hydrogen (secondary N) is 1. The van der Waals surface area contributed by atoms with Crippen molar-refractivity contribution in [3.8, 4) is 0 Å². The largest absolute Gasteiger partial charge is 0.354 e. The third-order valence-corrected chi connectivity index (χ3v) is 4.31. The van der Waals surface area contributed by atoms with Crippen LogP contribution in [0.4, 0.5) is 5.95 Å². The summed E-state index contributed by atoms with van der Waals surface area (Å²) in [7, 11) is -2.92. The molecule has 1 saturated carbocycles. The molecule has 1 aliphatic rings. The molecule has 7 heteroatoms. The lowest BCUT2D eigenvalue weighted by Crippen LogP contribution is -2.24. The van der Waals surface area contributed by atoms with Crippen molar-refractivity contribution in [2.45, 2.75) is 12.8 Å². The zero-order chi connectivity index (χ0) is 12.5. The Kier molecular flexibility index (Phi) is 3.40. The number of aromatic nitrogens is 2. The molecule has 0 saturated heterocycles. The fourth-order valence-corrected chi connectivity index (χ4v) is 3.48. The molecule has 0 bridgehead atoms. The molecule has 1 heterocycles. The van der Waals surface area contributed by atoms with E-state index in [1.54, 1.807) is 12.4 Å². The predicted molar refractivity (Wildman–Crippen MR) is 69.6 cm³/mol. The van der Waals surface area contributed by atoms with Gasteiger partial charge in [-0.3, -0.25) is 0 Å². The second-order valence-corrected chi connectivity index (χ2v) is 7.70. The maximum Gasteiger partial charge on any atom is 0.222 e. The standard InChI is InChI=1S/C10H14BrN3O2S/c1-17(15,16)7-10(2-3-10)6-14-9-12-4-8(11)5-13-9/h4-5H,2-3,6-7H2,1H3,(H,12,13,14). The number of hydrogen-bond donors (Lipinski definition) is 1. The smallest absolute Gasteiger partial charge is 0.222 e. The van der Waals surface area contributed by atoms with Crippen molar-refractivity contribution in [1.29, 1.82) is 0 Å². The third kappa shape index (κ3) is 3.92. The molecular formula is C10H14BrN3O2S. The van der Waals surface area contributed by atoms with Gasteiger partial charge in [-0.1, -0.05) is 0 Å². The van der Waals surface area contributed by atoms with Crippen LogP contribution in [0.5, 0.6) is 0 Å². The second kappa shape index (κ2) is 4.53. The van der Waals surface area contributed by atoms with Crippen molar-refractivity contribution >= 4 is 31.7 Å². The summed E-state index contributed by atoms with van der Waals surface area (Å²) in [4.78, 5) is 8.17. The summed E-state index contributed by atoms with van der Waals surface area (Å²) in [6.07, 6.45) is 6.49. The van der Waals surface area contributed by atoms with Crippen LogP contribution in [0.25, 0.3) is 0 Å². The van der Waals surface area contributed by atoms with Gasteiger partial charge in [0, 0.05) is 30.6 Å². The Bertz CT molecular complexity index is 497. The van der Waals surface area contributed by atoms with Crippen LogP contribution in [0.2, 0.25) is 0 Å². The number of nitrogens with zero attached hydrogens (tertiary/aromatic N) is 2. The minimum Gasteiger partial charge on any atom is -0.354 e. The summed E-state index contributed by atoms with van der Waals surface area (Å²) >= 11 is 3.26. The Morgan fingerprint density at radius 2 is 2.00 bits per heavy atom. The van der Waals surface area contributed by atoms with E-state index in [0.29, 0.717) is 12.5 Å². The molecule has 0 spiro atoms. The molecule has 0 aromatic carbocycles. The quantitative estimate of drug-likeness (QED) is 0.890. The first kappa shape index (κ1) is 12.8. The number of hydrogen-bond acceptors (Lipinski definition) is 5. The minimum absolute atomic E-state index is 0.107. The molecule has 2 rings (SSSR count). The highest BCUT2D eigenvalue weighted by Gasteiger charge is 2.45. The number of rotatable bonds is 5. The Morgan fingerprint density at radius 3 is 2.47 bits per heavy atom. The molecule has 5 nitrogen and oxygen atoms in total. The van der Waals surface area contributed by atoms with Gasteiger partial charge in [-0.2, -0.15) is 0 Å². The summed E-state index contributed by atoms with van der Waals surface area (Å²) < 4.78 is 23.4. The lowest BCUT2D eigenvalue weighted by molar-refractivity contribution is 0.560. The summed E-state index contributed by atoms with van der Waals surface area (Å²) in [5.41, 5.74) is -0.107. The Hall–Kier alpha value is -0.690. The average molecular weight is 320 g/mol. The maximum absolute atomic E-state index is 11.3. The van der Waals surface area contributed by atoms with E-state index in [-0.39, 0.29) is 11.2 Å². The normalized spacial score (nSPS) is 17.8. The Labute approximate surface area is 109 Å². The molecule has 0 amide bonds. The fourth-order valence-electron chi connectivity index (χ4n) is 1.78. The van der Waals surface area contributed by atoms with Crippen LogP contribution in [-0.2, 0) is 9.84 Å². The van der Waals surface area contributed by atoms with Gasteiger partial charge in [0.1, 0.15) is 9.84 Å². The lowest BCUT2D eigenvalue weighted by Gasteiger charge is -2.14. The molecule has 94 valence electrons. The van der Waals surface area contributed by atoms with Gasteiger partial charge in [-0.15, -0.1) is 0 Å². The van der Waals surface area contributed by atoms with Crippen molar-refractivity contribution in [3.63, 3.8) is 0 Å². The van der Waals surface area contributed by atoms with Crippen molar-refractivity contribution in [2.24, 2.45) is 5.41 Å². The topological polar surface area (TPSA) is 72.0 Å². The van der Waals surface area contributed by atoms with Crippen LogP contribution < -0.4 is 5.32 Å². The SMILES string of the molecule is CS(=O)(=O)CC1(CNc2ncc(Br)cn2)CC1. The number of sulfone groups is 1. The van der Waals surface area contributed by atoms with Gasteiger partial charge >= 0.3 is 0 Å². The van der Waals surface area contributed by atoms with E-state index < -0.39 is 9.84 Å². The minimum atomic E-state index is -2.92. The number of halogens is 1. The zero-order valence-electron chi connectivity index (χ0n) is 9.48. The maximum atomic E-state index is 11.3. The molecule has 1 aliphatic carbocycles. The molecule has 1 aromatic rings. The Balaban J connectivity index is 1.92. The van der Waals surface area contributed by atoms with Crippen molar-refractivity contribution in [2.75, 3.05) is 23.9 Å². The lowest BCUT2D eigenvalue weighted by atomic mass is 10.1. The highest BCUT2D eigenvalue weighted by atomic mass is 79.9. The van der Waals surface area contributed by atoms with Crippen molar-refractivity contribution in [1.82, 2.24) is 9.97 Å². The van der Waals surface area contributed by atoms with Gasteiger partial charge < -0.3 is 5.32 Å². The summed E-state index contributed by atoms with van der Waals surface area (Å²) in [5.74, 6) is 0.775. The van der Waals surface area contributed by atoms with Gasteiger partial charge in [-0.25, -0.2) is 18.4 Å². The third-order valence-electron chi connectivity index (χ3n) is 2.77. The van der Waals surface area contributed by atoms with E-state index in [1.807, 2.05) is 0 Å². The van der Waals surface area contributed by atoms with E-state index in [4.69, 9.17) is 0 Å². The first-order chi connectivity index (χ1) is 7.89. The Morgan fingerprint density at radius 1 is 1.41 bits per heavy atom. The first-order valence-electron chi connectivity index (χ1n) is 5.28. The average Bonchev–Trinajstić information content (AvgIpc) is 2.95. The van der Waals surface area contributed by atoms with Crippen molar-refractivity contribution in [3.05, 3.63) is 16.9 Å². The number of anilines is 1. The highest BCUT2D eigenvalue weighted by molar-refractivity contribution is 9.10. The van der Waals surface area contributed by atoms with E-state index in [9.17, 15) is 8.42 Å². The van der Waals surface area contributed by atoms with Crippen molar-refractivity contribution < 1.29 is 8.42 Å². The molecule has 1 aromatic heterocycles. The van der Waals surface area contributed by atoms with Crippen LogP contribution in [0.15, 0.2) is 16.9 Å². The second-order valence-electron chi connectivity index (χ2n) is 4.65. The monoisotopic (exact) mass is 319 g/mol. The van der Waals surface area contributed by atoms with E-state index in [2.05, 4.69) is 31.2 Å². The molecular weight excluding hydrogens is 306 g/mol. The summed E-state index contributed by atoms with van der Waals surface area (Å²) in [6, 6.07) is 0. The van der Waals surface area contributed by atoms with E-state index >= 15 is 0 Å². The van der Waals surface area contributed by atoms with Crippen LogP contribution in [0.3, 0.4) is 0 Å². The molecule has 0 atom stereocenters. The van der Waals surface area contributed by atoms with Crippen LogP contribution in [-0.4, -0.2) is 36.9 Å². The molecule has 1 N–H and O–H groups in total. The van der Waals surface area contributed by atoms with Crippen LogP contribution in [0.1, 0.15) is 12.8 Å². The van der Waals surface area contributed by atoms with Gasteiger partial charge in [-0.05, 0) is 28.8 Å². The van der Waals surface area contributed by atoms with Crippen LogP contribution in [0, 0.1) is 5.41 Å². The van der Waals surface area contributed by atoms with Gasteiger partial charge in [0.25, 0.3) is 0 Å². The molecule has 0 unspecified atom stereocenters. The first-order valence-corrected chi connectivity index (χ1v) is 8.13. The molecule has 1 fully saturated rings. The molecule has 0 aliphatic heterocycles. The van der Waals surface area contributed by atoms with E-state index in [0.717, 1.165) is 17.3 Å². The summed E-state index contributed by atoms with van der Waals surface area (Å²) in [5, 5.41) is 3.09. The van der Waals surface area contributed by atoms with Gasteiger partial charge in [0.05, 0.1) is 10.2 Å². The molecule has 0 radical (unpaired) electrons. The van der Waals surface area contributed by atoms with Gasteiger partial charge in [0.15, 0.2) is 0 Å². The fraction of sp³-hybridized carbons (Fsp3) is 0.600.